The molecule has 0 aliphatic carbocycles. The molecule has 12 heteroatoms. The average molecular weight is 478 g/mol. The molecule has 4 N–H and O–H groups in total. The average Bonchev–Trinajstić information content (AvgIpc) is 2.80. The number of hydrogen-bond acceptors (Lipinski definition) is 8. The number of methoxy groups -OCH3 is 1. The van der Waals surface area contributed by atoms with Crippen molar-refractivity contribution in [2.24, 2.45) is 0 Å². The van der Waals surface area contributed by atoms with Gasteiger partial charge in [-0.15, -0.1) is 0 Å². The van der Waals surface area contributed by atoms with Crippen LogP contribution in [0.4, 0.5) is 21.6 Å². The number of nitrogens with zero attached hydrogens (tertiary/aromatic N) is 2. The van der Waals surface area contributed by atoms with Gasteiger partial charge < -0.3 is 20.1 Å². The van der Waals surface area contributed by atoms with Crippen LogP contribution < -0.4 is 20.9 Å². The highest BCUT2D eigenvalue weighted by atomic mass is 35.5. The highest BCUT2D eigenvalue weighted by Gasteiger charge is 2.15. The van der Waals surface area contributed by atoms with Crippen LogP contribution in [0.25, 0.3) is 10.9 Å². The lowest BCUT2D eigenvalue weighted by Crippen LogP contribution is -2.21. The molecule has 0 fully saturated rings. The van der Waals surface area contributed by atoms with Gasteiger partial charge >= 0.3 is 0 Å². The molecule has 0 saturated heterocycles. The first-order chi connectivity index (χ1) is 15.9. The molecule has 1 heterocycles. The van der Waals surface area contributed by atoms with Crippen molar-refractivity contribution < 1.29 is 28.7 Å². The zero-order valence-corrected chi connectivity index (χ0v) is 18.3. The van der Waals surface area contributed by atoms with E-state index in [9.17, 15) is 14.0 Å². The van der Waals surface area contributed by atoms with Crippen LogP contribution in [-0.2, 0) is 14.3 Å². The van der Waals surface area contributed by atoms with Gasteiger partial charge in [-0.05, 0) is 24.3 Å². The summed E-state index contributed by atoms with van der Waals surface area (Å²) in [6.45, 7) is 0.548. The number of hydroxylamine groups is 1. The third-order valence-electron chi connectivity index (χ3n) is 4.44. The molecule has 33 heavy (non-hydrogen) atoms. The Morgan fingerprint density at radius 2 is 1.91 bits per heavy atom. The Hall–Kier alpha value is -3.54. The smallest absolute Gasteiger partial charge is 0.243 e. The minimum atomic E-state index is -0.682. The summed E-state index contributed by atoms with van der Waals surface area (Å²) in [5, 5.41) is 14.8. The topological polar surface area (TPSA) is 135 Å². The number of nitrogens with one attached hydrogen (secondary N) is 3. The molecule has 0 bridgehead atoms. The number of ether oxygens (including phenoxy) is 2. The molecular weight excluding hydrogens is 457 g/mol. The zero-order chi connectivity index (χ0) is 23.8. The van der Waals surface area contributed by atoms with Crippen LogP contribution in [0.2, 0.25) is 5.02 Å². The molecule has 0 aliphatic rings. The Morgan fingerprint density at radius 1 is 1.12 bits per heavy atom. The molecular formula is C21H21ClFN5O5. The third-order valence-corrected chi connectivity index (χ3v) is 4.73. The molecule has 3 rings (SSSR count). The maximum atomic E-state index is 13.5. The largest absolute Gasteiger partial charge is 0.489 e. The van der Waals surface area contributed by atoms with Crippen molar-refractivity contribution in [3.8, 4) is 5.75 Å². The lowest BCUT2D eigenvalue weighted by molar-refractivity contribution is -0.131. The summed E-state index contributed by atoms with van der Waals surface area (Å²) < 4.78 is 24.2. The van der Waals surface area contributed by atoms with Crippen LogP contribution in [0, 0.1) is 5.82 Å². The maximum absolute atomic E-state index is 13.5. The first-order valence-corrected chi connectivity index (χ1v) is 10.1. The molecule has 174 valence electrons. The van der Waals surface area contributed by atoms with Crippen LogP contribution in [-0.4, -0.2) is 47.3 Å². The van der Waals surface area contributed by atoms with E-state index in [-0.39, 0.29) is 24.5 Å². The lowest BCUT2D eigenvalue weighted by atomic mass is 10.1. The molecule has 3 aromatic rings. The fourth-order valence-corrected chi connectivity index (χ4v) is 3.02. The van der Waals surface area contributed by atoms with E-state index in [1.54, 1.807) is 12.1 Å². The van der Waals surface area contributed by atoms with E-state index in [1.807, 2.05) is 0 Å². The van der Waals surface area contributed by atoms with E-state index in [0.29, 0.717) is 40.5 Å². The van der Waals surface area contributed by atoms with E-state index in [0.717, 1.165) is 0 Å². The lowest BCUT2D eigenvalue weighted by Gasteiger charge is -2.15. The summed E-state index contributed by atoms with van der Waals surface area (Å²) in [6.07, 6.45) is 0.990. The zero-order valence-electron chi connectivity index (χ0n) is 17.5. The Morgan fingerprint density at radius 3 is 2.64 bits per heavy atom. The van der Waals surface area contributed by atoms with Crippen molar-refractivity contribution in [2.75, 3.05) is 31.0 Å². The Labute approximate surface area is 193 Å². The maximum Gasteiger partial charge on any atom is 0.243 e. The molecule has 0 aliphatic heterocycles. The molecule has 0 atom stereocenters. The minimum absolute atomic E-state index is 0.0490. The SMILES string of the molecule is COCCOc1cc2ncnc(Nc3ccc(F)c(Cl)c3)c2cc1NC(=O)CCC(=O)NO. The molecule has 0 saturated carbocycles. The number of benzene rings is 2. The van der Waals surface area contributed by atoms with Gasteiger partial charge in [0.15, 0.2) is 0 Å². The number of carbonyl (C=O) groups excluding carboxylic acids is 2. The summed E-state index contributed by atoms with van der Waals surface area (Å²) >= 11 is 5.86. The van der Waals surface area contributed by atoms with Gasteiger partial charge in [0.1, 0.15) is 30.3 Å². The van der Waals surface area contributed by atoms with Gasteiger partial charge in [0, 0.05) is 37.1 Å². The number of hydrogen-bond donors (Lipinski definition) is 4. The Kier molecular flexibility index (Phi) is 8.30. The van der Waals surface area contributed by atoms with E-state index < -0.39 is 17.6 Å². The number of amides is 2. The molecule has 10 nitrogen and oxygen atoms in total. The first-order valence-electron chi connectivity index (χ1n) is 9.76. The normalized spacial score (nSPS) is 10.7. The predicted molar refractivity (Wildman–Crippen MR) is 119 cm³/mol. The molecule has 0 unspecified atom stereocenters. The highest BCUT2D eigenvalue weighted by Crippen LogP contribution is 2.34. The third kappa shape index (κ3) is 6.48. The van der Waals surface area contributed by atoms with Crippen molar-refractivity contribution in [1.29, 1.82) is 0 Å². The number of carbonyl (C=O) groups is 2. The van der Waals surface area contributed by atoms with Crippen LogP contribution in [0.1, 0.15) is 12.8 Å². The summed E-state index contributed by atoms with van der Waals surface area (Å²) in [5.41, 5.74) is 2.82. The quantitative estimate of drug-likeness (QED) is 0.198. The summed E-state index contributed by atoms with van der Waals surface area (Å²) in [7, 11) is 1.53. The van der Waals surface area contributed by atoms with Crippen molar-refractivity contribution in [2.45, 2.75) is 12.8 Å². The number of halogens is 2. The van der Waals surface area contributed by atoms with E-state index in [2.05, 4.69) is 20.6 Å². The van der Waals surface area contributed by atoms with Crippen molar-refractivity contribution >= 4 is 51.5 Å². The molecule has 1 aromatic heterocycles. The Bertz CT molecular complexity index is 1160. The second kappa shape index (κ2) is 11.4. The van der Waals surface area contributed by atoms with E-state index in [4.69, 9.17) is 26.3 Å². The Balaban J connectivity index is 1.94. The first kappa shape index (κ1) is 24.1. The standard InChI is InChI=1S/C21H21ClFN5O5/c1-32-6-7-33-18-10-16-13(9-17(18)27-19(29)4-5-20(30)28-31)21(25-11-24-16)26-12-2-3-15(23)14(22)8-12/h2-3,8-11,31H,4-7H2,1H3,(H,27,29)(H,28,30)(H,24,25,26). The summed E-state index contributed by atoms with van der Waals surface area (Å²) in [4.78, 5) is 32.0. The number of anilines is 3. The van der Waals surface area contributed by atoms with Gasteiger partial charge in [-0.25, -0.2) is 19.8 Å². The van der Waals surface area contributed by atoms with Crippen molar-refractivity contribution in [1.82, 2.24) is 15.4 Å². The van der Waals surface area contributed by atoms with Gasteiger partial charge in [-0.2, -0.15) is 0 Å². The number of fused-ring (bicyclic) bond motifs is 1. The van der Waals surface area contributed by atoms with Gasteiger partial charge in [0.05, 0.1) is 22.8 Å². The van der Waals surface area contributed by atoms with Crippen LogP contribution >= 0.6 is 11.6 Å². The van der Waals surface area contributed by atoms with Crippen molar-refractivity contribution in [3.05, 3.63) is 47.5 Å². The molecule has 2 amide bonds. The fraction of sp³-hybridized carbons (Fsp3) is 0.238. The second-order valence-corrected chi connectivity index (χ2v) is 7.17. The van der Waals surface area contributed by atoms with Crippen molar-refractivity contribution in [3.63, 3.8) is 0 Å². The summed E-state index contributed by atoms with van der Waals surface area (Å²) in [6, 6.07) is 7.40. The molecule has 0 radical (unpaired) electrons. The molecule has 2 aromatic carbocycles. The monoisotopic (exact) mass is 477 g/mol. The minimum Gasteiger partial charge on any atom is -0.489 e. The van der Waals surface area contributed by atoms with E-state index in [1.165, 1.54) is 37.1 Å². The van der Waals surface area contributed by atoms with Gasteiger partial charge in [-0.1, -0.05) is 11.6 Å². The fourth-order valence-electron chi connectivity index (χ4n) is 2.84. The van der Waals surface area contributed by atoms with Gasteiger partial charge in [0.2, 0.25) is 11.8 Å². The van der Waals surface area contributed by atoms with E-state index >= 15 is 0 Å². The number of rotatable bonds is 10. The second-order valence-electron chi connectivity index (χ2n) is 6.77. The highest BCUT2D eigenvalue weighted by molar-refractivity contribution is 6.31. The molecule has 0 spiro atoms. The predicted octanol–water partition coefficient (Wildman–Crippen LogP) is 3.42. The van der Waals surface area contributed by atoms with Gasteiger partial charge in [-0.3, -0.25) is 14.8 Å². The van der Waals surface area contributed by atoms with Crippen LogP contribution in [0.15, 0.2) is 36.7 Å². The number of aromatic nitrogens is 2. The van der Waals surface area contributed by atoms with Gasteiger partial charge in [0.25, 0.3) is 0 Å². The summed E-state index contributed by atoms with van der Waals surface area (Å²) in [5.74, 6) is -0.966. The van der Waals surface area contributed by atoms with Crippen LogP contribution in [0.5, 0.6) is 5.75 Å². The van der Waals surface area contributed by atoms with Crippen LogP contribution in [0.3, 0.4) is 0 Å².